The monoisotopic (exact) mass is 362 g/mol. The van der Waals surface area contributed by atoms with E-state index in [2.05, 4.69) is 14.8 Å². The fourth-order valence-corrected chi connectivity index (χ4v) is 3.02. The van der Waals surface area contributed by atoms with Crippen LogP contribution in [0.25, 0.3) is 16.9 Å². The Morgan fingerprint density at radius 3 is 2.46 bits per heavy atom. The van der Waals surface area contributed by atoms with Crippen LogP contribution in [0.1, 0.15) is 36.7 Å². The molecule has 0 aliphatic carbocycles. The van der Waals surface area contributed by atoms with Crippen molar-refractivity contribution < 1.29 is 13.5 Å². The Balaban J connectivity index is 2.22. The highest BCUT2D eigenvalue weighted by Gasteiger charge is 2.19. The second-order valence-electron chi connectivity index (χ2n) is 6.50. The molecule has 26 heavy (non-hydrogen) atoms. The Labute approximate surface area is 149 Å². The topological polar surface area (TPSA) is 61.4 Å². The SMILES string of the molecule is Cc1nc(OC(F)F)ccc1-c1nn2c(C)cc(C(C)C)c2c(=O)n1C. The second kappa shape index (κ2) is 6.51. The van der Waals surface area contributed by atoms with Gasteiger partial charge in [-0.05, 0) is 37.5 Å². The summed E-state index contributed by atoms with van der Waals surface area (Å²) < 4.78 is 32.1. The first-order valence-corrected chi connectivity index (χ1v) is 8.22. The third kappa shape index (κ3) is 2.95. The predicted molar refractivity (Wildman–Crippen MR) is 93.9 cm³/mol. The van der Waals surface area contributed by atoms with Crippen molar-refractivity contribution in [2.75, 3.05) is 0 Å². The number of hydrogen-bond acceptors (Lipinski definition) is 4. The Morgan fingerprint density at radius 2 is 1.88 bits per heavy atom. The van der Waals surface area contributed by atoms with Crippen molar-refractivity contribution in [2.24, 2.45) is 7.05 Å². The minimum absolute atomic E-state index is 0.167. The molecule has 138 valence electrons. The van der Waals surface area contributed by atoms with Crippen LogP contribution in [0.2, 0.25) is 0 Å². The van der Waals surface area contributed by atoms with Crippen molar-refractivity contribution in [2.45, 2.75) is 40.2 Å². The Hall–Kier alpha value is -2.77. The summed E-state index contributed by atoms with van der Waals surface area (Å²) in [5.41, 5.74) is 3.20. The number of aryl methyl sites for hydroxylation is 2. The Morgan fingerprint density at radius 1 is 1.19 bits per heavy atom. The average Bonchev–Trinajstić information content (AvgIpc) is 2.88. The predicted octanol–water partition coefficient (Wildman–Crippen LogP) is 3.44. The number of fused-ring (bicyclic) bond motifs is 1. The van der Waals surface area contributed by atoms with E-state index in [-0.39, 0.29) is 17.4 Å². The molecule has 0 bridgehead atoms. The minimum atomic E-state index is -2.94. The third-order valence-electron chi connectivity index (χ3n) is 4.34. The summed E-state index contributed by atoms with van der Waals surface area (Å²) in [4.78, 5) is 17.0. The Kier molecular flexibility index (Phi) is 4.52. The van der Waals surface area contributed by atoms with E-state index in [1.54, 1.807) is 24.6 Å². The van der Waals surface area contributed by atoms with E-state index in [1.807, 2.05) is 26.8 Å². The quantitative estimate of drug-likeness (QED) is 0.713. The lowest BCUT2D eigenvalue weighted by Gasteiger charge is -2.13. The van der Waals surface area contributed by atoms with E-state index in [4.69, 9.17) is 0 Å². The Bertz CT molecular complexity index is 1040. The van der Waals surface area contributed by atoms with Crippen LogP contribution in [0.3, 0.4) is 0 Å². The molecule has 8 heteroatoms. The molecule has 3 aromatic rings. The number of halogens is 2. The highest BCUT2D eigenvalue weighted by atomic mass is 19.3. The maximum Gasteiger partial charge on any atom is 0.388 e. The number of pyridine rings is 1. The third-order valence-corrected chi connectivity index (χ3v) is 4.34. The molecular weight excluding hydrogens is 342 g/mol. The maximum atomic E-state index is 12.9. The van der Waals surface area contributed by atoms with Gasteiger partial charge < -0.3 is 4.74 Å². The van der Waals surface area contributed by atoms with Gasteiger partial charge in [-0.1, -0.05) is 13.8 Å². The van der Waals surface area contributed by atoms with Crippen LogP contribution in [0.5, 0.6) is 5.88 Å². The molecule has 3 aromatic heterocycles. The average molecular weight is 362 g/mol. The molecule has 0 fully saturated rings. The zero-order chi connectivity index (χ0) is 19.2. The molecule has 0 saturated heterocycles. The fraction of sp³-hybridized carbons (Fsp3) is 0.389. The molecule has 0 radical (unpaired) electrons. The zero-order valence-corrected chi connectivity index (χ0v) is 15.2. The van der Waals surface area contributed by atoms with Crippen LogP contribution < -0.4 is 10.3 Å². The van der Waals surface area contributed by atoms with Crippen molar-refractivity contribution in [1.82, 2.24) is 19.2 Å². The number of nitrogens with zero attached hydrogens (tertiary/aromatic N) is 4. The summed E-state index contributed by atoms with van der Waals surface area (Å²) in [5.74, 6) is 0.421. The maximum absolute atomic E-state index is 12.9. The summed E-state index contributed by atoms with van der Waals surface area (Å²) in [6.45, 7) is 4.66. The fourth-order valence-electron chi connectivity index (χ4n) is 3.02. The molecule has 0 atom stereocenters. The number of rotatable bonds is 4. The second-order valence-corrected chi connectivity index (χ2v) is 6.50. The van der Waals surface area contributed by atoms with Gasteiger partial charge in [0.1, 0.15) is 5.52 Å². The van der Waals surface area contributed by atoms with Crippen LogP contribution in [-0.2, 0) is 7.05 Å². The molecule has 0 aliphatic heterocycles. The van der Waals surface area contributed by atoms with Gasteiger partial charge in [-0.3, -0.25) is 9.36 Å². The summed E-state index contributed by atoms with van der Waals surface area (Å²) in [6.07, 6.45) is 0. The summed E-state index contributed by atoms with van der Waals surface area (Å²) >= 11 is 0. The van der Waals surface area contributed by atoms with Crippen LogP contribution in [-0.4, -0.2) is 25.8 Å². The lowest BCUT2D eigenvalue weighted by Crippen LogP contribution is -2.24. The van der Waals surface area contributed by atoms with Crippen LogP contribution >= 0.6 is 0 Å². The van der Waals surface area contributed by atoms with Gasteiger partial charge in [0.15, 0.2) is 5.82 Å². The summed E-state index contributed by atoms with van der Waals surface area (Å²) in [6, 6.07) is 4.88. The van der Waals surface area contributed by atoms with Gasteiger partial charge in [0, 0.05) is 24.4 Å². The summed E-state index contributed by atoms with van der Waals surface area (Å²) in [5, 5.41) is 4.61. The van der Waals surface area contributed by atoms with E-state index in [0.717, 1.165) is 11.3 Å². The van der Waals surface area contributed by atoms with Gasteiger partial charge in [0.2, 0.25) is 5.88 Å². The molecule has 0 N–H and O–H groups in total. The van der Waals surface area contributed by atoms with Gasteiger partial charge >= 0.3 is 6.61 Å². The molecule has 0 aliphatic rings. The number of ether oxygens (including phenoxy) is 1. The van der Waals surface area contributed by atoms with E-state index >= 15 is 0 Å². The first kappa shape index (κ1) is 18.0. The van der Waals surface area contributed by atoms with Crippen molar-refractivity contribution >= 4 is 5.52 Å². The lowest BCUT2D eigenvalue weighted by atomic mass is 10.1. The molecule has 0 aromatic carbocycles. The van der Waals surface area contributed by atoms with Gasteiger partial charge in [-0.2, -0.15) is 8.78 Å². The first-order chi connectivity index (χ1) is 12.2. The van der Waals surface area contributed by atoms with Gasteiger partial charge in [0.05, 0.1) is 5.69 Å². The molecule has 0 unspecified atom stereocenters. The lowest BCUT2D eigenvalue weighted by molar-refractivity contribution is -0.0529. The smallest absolute Gasteiger partial charge is 0.388 e. The molecule has 3 heterocycles. The van der Waals surface area contributed by atoms with Gasteiger partial charge in [0.25, 0.3) is 5.56 Å². The number of aromatic nitrogens is 4. The van der Waals surface area contributed by atoms with Crippen LogP contribution in [0.4, 0.5) is 8.78 Å². The molecule has 6 nitrogen and oxygen atoms in total. The number of hydrogen-bond donors (Lipinski definition) is 0. The van der Waals surface area contributed by atoms with Crippen LogP contribution in [0.15, 0.2) is 23.0 Å². The van der Waals surface area contributed by atoms with Gasteiger partial charge in [-0.15, -0.1) is 5.10 Å². The van der Waals surface area contributed by atoms with Gasteiger partial charge in [-0.25, -0.2) is 9.50 Å². The first-order valence-electron chi connectivity index (χ1n) is 8.22. The van der Waals surface area contributed by atoms with E-state index < -0.39 is 6.61 Å². The molecule has 0 spiro atoms. The molecular formula is C18H20F2N4O2. The summed E-state index contributed by atoms with van der Waals surface area (Å²) in [7, 11) is 1.64. The standard InChI is InChI=1S/C18H20F2N4O2/c1-9(2)13-8-10(3)24-15(13)17(25)23(5)16(22-24)12-6-7-14(21-11(12)4)26-18(19)20/h6-9,18H,1-5H3. The van der Waals surface area contributed by atoms with Crippen molar-refractivity contribution in [3.8, 4) is 17.3 Å². The molecule has 0 saturated carbocycles. The van der Waals surface area contributed by atoms with E-state index in [1.165, 1.54) is 10.6 Å². The van der Waals surface area contributed by atoms with Crippen molar-refractivity contribution in [3.63, 3.8) is 0 Å². The highest BCUT2D eigenvalue weighted by Crippen LogP contribution is 2.25. The molecule has 0 amide bonds. The minimum Gasteiger partial charge on any atom is -0.417 e. The van der Waals surface area contributed by atoms with Crippen molar-refractivity contribution in [3.05, 3.63) is 45.5 Å². The molecule has 3 rings (SSSR count). The van der Waals surface area contributed by atoms with E-state index in [9.17, 15) is 13.6 Å². The largest absolute Gasteiger partial charge is 0.417 e. The van der Waals surface area contributed by atoms with Crippen molar-refractivity contribution in [1.29, 1.82) is 0 Å². The van der Waals surface area contributed by atoms with E-state index in [0.29, 0.717) is 22.6 Å². The van der Waals surface area contributed by atoms with Crippen LogP contribution in [0, 0.1) is 13.8 Å². The number of alkyl halides is 2. The highest BCUT2D eigenvalue weighted by molar-refractivity contribution is 5.63. The normalized spacial score (nSPS) is 11.7. The zero-order valence-electron chi connectivity index (χ0n) is 15.2.